The Morgan fingerprint density at radius 2 is 1.53 bits per heavy atom. The van der Waals surface area contributed by atoms with Crippen LogP contribution < -0.4 is 11.5 Å². The fourth-order valence-corrected chi connectivity index (χ4v) is 6.95. The maximum atomic E-state index is 15.8. The second-order valence-electron chi connectivity index (χ2n) is 9.81. The zero-order valence-corrected chi connectivity index (χ0v) is 26.1. The number of imidazole rings is 2. The molecule has 0 aliphatic carbocycles. The number of nitrogens with two attached hydrogens (primary N) is 2. The standard InChI is InChI=1S/C21H24F2N10O8P2S2/c22-10-8(1-34)39-21(33-6-31-13-17(25)27-4-29-19(13)33)15(10)41-43(36,45)38-2-9-14(37-7-42(35)44)11(23)20(40-9)32-5-30-12-16(24)26-3-28-18(12)32/h3-6,8-11,14-15,20-21,34H,1-2,7H2,(H5-,24,25,26,27,28,29,35,36,44,45)/p+1/t8-,9-,10?,11?,14?,15?,20-,21-,43?/m1/s1. The molecule has 2 aliphatic heterocycles. The SMILES string of the molecule is Nc1ncnc2c1ncn2[C@@H]1O[C@H](COP(O)(=S)OC2C(F)[C@@H](CO)O[C@H]2n2cnc3c(N)ncnc32)C(OC[P+](=O)S)C1F. The zero-order chi connectivity index (χ0) is 32.0. The number of nitrogen functional groups attached to an aromatic ring is 2. The predicted octanol–water partition coefficient (Wildman–Crippen LogP) is 0.927. The molecule has 6 rings (SSSR count). The van der Waals surface area contributed by atoms with Gasteiger partial charge in [0.1, 0.15) is 60.4 Å². The van der Waals surface area contributed by atoms with Crippen LogP contribution >= 0.6 is 26.0 Å². The Kier molecular flexibility index (Phi) is 9.25. The fraction of sp³-hybridized carbons (Fsp3) is 0.524. The number of thiol groups is 1. The first kappa shape index (κ1) is 32.3. The smallest absolute Gasteiger partial charge is 0.394 e. The molecule has 0 radical (unpaired) electrons. The van der Waals surface area contributed by atoms with E-state index in [-0.39, 0.29) is 34.0 Å². The molecule has 45 heavy (non-hydrogen) atoms. The van der Waals surface area contributed by atoms with Crippen LogP contribution in [0.5, 0.6) is 0 Å². The van der Waals surface area contributed by atoms with E-state index in [1.54, 1.807) is 0 Å². The van der Waals surface area contributed by atoms with Gasteiger partial charge in [0.15, 0.2) is 47.7 Å². The number of anilines is 2. The summed E-state index contributed by atoms with van der Waals surface area (Å²) in [6.07, 6.45) is -7.73. The number of alkyl halides is 2. The summed E-state index contributed by atoms with van der Waals surface area (Å²) in [5.41, 5.74) is 12.4. The van der Waals surface area contributed by atoms with E-state index in [1.807, 2.05) is 0 Å². The molecule has 0 bridgehead atoms. The largest absolute Gasteiger partial charge is 0.435 e. The van der Waals surface area contributed by atoms with Crippen LogP contribution in [-0.4, -0.2) is 105 Å². The quantitative estimate of drug-likeness (QED) is 0.107. The molecule has 0 aromatic carbocycles. The van der Waals surface area contributed by atoms with Crippen LogP contribution in [0.2, 0.25) is 0 Å². The molecule has 6 unspecified atom stereocenters. The molecule has 24 heteroatoms. The summed E-state index contributed by atoms with van der Waals surface area (Å²) in [7, 11) is -2.12. The van der Waals surface area contributed by atoms with Crippen LogP contribution in [0.3, 0.4) is 0 Å². The lowest BCUT2D eigenvalue weighted by atomic mass is 10.1. The van der Waals surface area contributed by atoms with Gasteiger partial charge < -0.3 is 40.2 Å². The molecule has 2 fully saturated rings. The van der Waals surface area contributed by atoms with Crippen molar-refractivity contribution >= 4 is 71.7 Å². The summed E-state index contributed by atoms with van der Waals surface area (Å²) in [6, 6.07) is 0. The summed E-state index contributed by atoms with van der Waals surface area (Å²) in [4.78, 5) is 35.2. The number of hydrogen-bond acceptors (Lipinski definition) is 16. The summed E-state index contributed by atoms with van der Waals surface area (Å²) in [5, 5.41) is 9.68. The first-order chi connectivity index (χ1) is 21.5. The summed E-state index contributed by atoms with van der Waals surface area (Å²) in [5.74, 6) is 0.119. The molecule has 4 aromatic rings. The molecule has 242 valence electrons. The number of aliphatic hydroxyl groups is 1. The van der Waals surface area contributed by atoms with Gasteiger partial charge in [0, 0.05) is 0 Å². The summed E-state index contributed by atoms with van der Waals surface area (Å²) >= 11 is 8.98. The summed E-state index contributed by atoms with van der Waals surface area (Å²) < 4.78 is 73.6. The topological polar surface area (TPSA) is 243 Å². The third-order valence-electron chi connectivity index (χ3n) is 7.07. The fourth-order valence-electron chi connectivity index (χ4n) is 5.04. The minimum atomic E-state index is -4.33. The van der Waals surface area contributed by atoms with E-state index in [0.717, 1.165) is 0 Å². The summed E-state index contributed by atoms with van der Waals surface area (Å²) in [6.45, 7) is -5.66. The zero-order valence-electron chi connectivity index (χ0n) is 22.6. The van der Waals surface area contributed by atoms with Crippen molar-refractivity contribution in [2.24, 2.45) is 0 Å². The minimum Gasteiger partial charge on any atom is -0.394 e. The predicted molar refractivity (Wildman–Crippen MR) is 158 cm³/mol. The normalized spacial score (nSPS) is 30.3. The number of ether oxygens (including phenoxy) is 3. The maximum Gasteiger partial charge on any atom is 0.435 e. The van der Waals surface area contributed by atoms with Gasteiger partial charge in [0.25, 0.3) is 6.35 Å². The van der Waals surface area contributed by atoms with Crippen LogP contribution in [0.25, 0.3) is 22.3 Å². The Morgan fingerprint density at radius 3 is 2.11 bits per heavy atom. The monoisotopic (exact) mass is 709 g/mol. The van der Waals surface area contributed by atoms with E-state index >= 15 is 8.78 Å². The Balaban J connectivity index is 1.21. The van der Waals surface area contributed by atoms with Crippen molar-refractivity contribution in [3.8, 4) is 0 Å². The molecule has 0 amide bonds. The van der Waals surface area contributed by atoms with Crippen LogP contribution in [-0.2, 0) is 39.6 Å². The van der Waals surface area contributed by atoms with Crippen molar-refractivity contribution in [1.29, 1.82) is 0 Å². The van der Waals surface area contributed by atoms with Gasteiger partial charge in [-0.15, -0.1) is 0 Å². The molecular formula is C21H25F2N10O8P2S2+. The third-order valence-corrected chi connectivity index (χ3v) is 9.34. The molecule has 2 saturated heterocycles. The van der Waals surface area contributed by atoms with E-state index in [1.165, 1.54) is 34.4 Å². The average Bonchev–Trinajstić information content (AvgIpc) is 3.76. The Hall–Kier alpha value is -2.62. The lowest BCUT2D eigenvalue weighted by Crippen LogP contribution is -2.35. The van der Waals surface area contributed by atoms with Gasteiger partial charge in [0.2, 0.25) is 0 Å². The molecule has 6 heterocycles. The molecule has 2 aliphatic rings. The molecule has 4 aromatic heterocycles. The number of aromatic nitrogens is 8. The Labute approximate surface area is 262 Å². The lowest BCUT2D eigenvalue weighted by Gasteiger charge is -2.26. The molecule has 6 N–H and O–H groups in total. The molecular weight excluding hydrogens is 684 g/mol. The van der Waals surface area contributed by atoms with Gasteiger partial charge in [-0.3, -0.25) is 13.7 Å². The average molecular weight is 710 g/mol. The van der Waals surface area contributed by atoms with Crippen LogP contribution in [0.4, 0.5) is 20.4 Å². The van der Waals surface area contributed by atoms with E-state index < -0.39 is 82.5 Å². The second-order valence-corrected chi connectivity index (χ2v) is 14.9. The highest BCUT2D eigenvalue weighted by Crippen LogP contribution is 2.51. The van der Waals surface area contributed by atoms with Crippen molar-refractivity contribution in [2.75, 3.05) is 31.0 Å². The highest BCUT2D eigenvalue weighted by atomic mass is 32.7. The number of nitrogens with zero attached hydrogens (tertiary/aromatic N) is 8. The van der Waals surface area contributed by atoms with Gasteiger partial charge in [0.05, 0.1) is 25.9 Å². The highest BCUT2D eigenvalue weighted by molar-refractivity contribution is 8.40. The van der Waals surface area contributed by atoms with Gasteiger partial charge >= 0.3 is 13.7 Å². The first-order valence-electron chi connectivity index (χ1n) is 13.0. The maximum absolute atomic E-state index is 15.8. The van der Waals surface area contributed by atoms with Gasteiger partial charge in [-0.1, -0.05) is 4.57 Å². The second kappa shape index (κ2) is 12.9. The van der Waals surface area contributed by atoms with E-state index in [4.69, 9.17) is 46.5 Å². The van der Waals surface area contributed by atoms with Gasteiger partial charge in [-0.05, 0) is 11.8 Å². The van der Waals surface area contributed by atoms with Gasteiger partial charge in [-0.25, -0.2) is 38.7 Å². The van der Waals surface area contributed by atoms with Crippen LogP contribution in [0, 0.1) is 0 Å². The number of rotatable bonds is 11. The Bertz CT molecular complexity index is 1780. The highest BCUT2D eigenvalue weighted by Gasteiger charge is 2.51. The molecule has 0 spiro atoms. The third kappa shape index (κ3) is 6.24. The van der Waals surface area contributed by atoms with Gasteiger partial charge in [-0.2, -0.15) is 0 Å². The van der Waals surface area contributed by atoms with Crippen molar-refractivity contribution in [2.45, 2.75) is 49.2 Å². The lowest BCUT2D eigenvalue weighted by molar-refractivity contribution is -0.0596. The van der Waals surface area contributed by atoms with Crippen molar-refractivity contribution < 1.29 is 46.6 Å². The van der Waals surface area contributed by atoms with Crippen LogP contribution in [0.1, 0.15) is 12.5 Å². The number of aliphatic hydroxyl groups excluding tert-OH is 1. The van der Waals surface area contributed by atoms with Crippen molar-refractivity contribution in [3.63, 3.8) is 0 Å². The molecule has 10 atom stereocenters. The Morgan fingerprint density at radius 1 is 0.956 bits per heavy atom. The van der Waals surface area contributed by atoms with Crippen molar-refractivity contribution in [3.05, 3.63) is 25.3 Å². The van der Waals surface area contributed by atoms with E-state index in [0.29, 0.717) is 0 Å². The molecule has 0 saturated carbocycles. The van der Waals surface area contributed by atoms with Crippen molar-refractivity contribution in [1.82, 2.24) is 39.0 Å². The van der Waals surface area contributed by atoms with E-state index in [2.05, 4.69) is 42.2 Å². The number of fused-ring (bicyclic) bond motifs is 2. The first-order valence-corrected chi connectivity index (χ1v) is 18.1. The van der Waals surface area contributed by atoms with E-state index in [9.17, 15) is 14.6 Å². The molecule has 18 nitrogen and oxygen atoms in total. The number of hydrogen-bond donors (Lipinski definition) is 5. The van der Waals surface area contributed by atoms with Crippen LogP contribution in [0.15, 0.2) is 25.3 Å². The number of halogens is 2. The minimum absolute atomic E-state index is 0.0557.